The highest BCUT2D eigenvalue weighted by atomic mass is 14.6. The summed E-state index contributed by atoms with van der Waals surface area (Å²) in [6.45, 7) is 4.54. The molecule has 0 aromatic heterocycles. The van der Waals surface area contributed by atoms with Crippen LogP contribution in [0.4, 0.5) is 11.4 Å². The summed E-state index contributed by atoms with van der Waals surface area (Å²) in [7, 11) is 0. The second-order valence-electron chi connectivity index (χ2n) is 9.28. The molecule has 0 amide bonds. The van der Waals surface area contributed by atoms with E-state index in [1.54, 1.807) is 0 Å². The highest BCUT2D eigenvalue weighted by Crippen LogP contribution is 2.23. The van der Waals surface area contributed by atoms with Gasteiger partial charge < -0.3 is 11.5 Å². The Labute approximate surface area is 191 Å². The first-order chi connectivity index (χ1) is 15.1. The van der Waals surface area contributed by atoms with Crippen molar-refractivity contribution in [1.29, 1.82) is 0 Å². The van der Waals surface area contributed by atoms with Gasteiger partial charge in [0, 0.05) is 11.4 Å². The van der Waals surface area contributed by atoms with Crippen LogP contribution in [0.5, 0.6) is 0 Å². The molecule has 0 heterocycles. The van der Waals surface area contributed by atoms with Crippen LogP contribution in [0.1, 0.15) is 113 Å². The van der Waals surface area contributed by atoms with Crippen molar-refractivity contribution in [2.45, 2.75) is 110 Å². The van der Waals surface area contributed by atoms with Crippen molar-refractivity contribution in [3.05, 3.63) is 58.7 Å². The zero-order chi connectivity index (χ0) is 22.3. The number of nitrogen functional groups attached to an aromatic ring is 2. The number of anilines is 2. The van der Waals surface area contributed by atoms with Crippen LogP contribution in [0.3, 0.4) is 0 Å². The number of hydrogen-bond acceptors (Lipinski definition) is 2. The van der Waals surface area contributed by atoms with E-state index in [1.807, 2.05) is 0 Å². The van der Waals surface area contributed by atoms with Crippen LogP contribution >= 0.6 is 0 Å². The minimum absolute atomic E-state index is 0.943. The first kappa shape index (κ1) is 25.3. The Kier molecular flexibility index (Phi) is 12.2. The lowest BCUT2D eigenvalue weighted by molar-refractivity contribution is 0.607. The van der Waals surface area contributed by atoms with Crippen molar-refractivity contribution in [2.24, 2.45) is 0 Å². The SMILES string of the molecule is CCCCCCCCc1cc(Cc2ccc(N)c(CCCCCCCC)c2)ccc1N. The minimum atomic E-state index is 0.943. The zero-order valence-electron chi connectivity index (χ0n) is 20.2. The molecule has 2 aromatic rings. The fourth-order valence-electron chi connectivity index (χ4n) is 4.40. The fraction of sp³-hybridized carbons (Fsp3) is 0.586. The molecule has 172 valence electrons. The van der Waals surface area contributed by atoms with Gasteiger partial charge in [-0.25, -0.2) is 0 Å². The van der Waals surface area contributed by atoms with Gasteiger partial charge >= 0.3 is 0 Å². The van der Waals surface area contributed by atoms with Crippen LogP contribution in [-0.4, -0.2) is 0 Å². The lowest BCUT2D eigenvalue weighted by Crippen LogP contribution is -2.00. The van der Waals surface area contributed by atoms with Gasteiger partial charge in [0.1, 0.15) is 0 Å². The zero-order valence-corrected chi connectivity index (χ0v) is 20.2. The maximum absolute atomic E-state index is 6.27. The monoisotopic (exact) mass is 422 g/mol. The maximum Gasteiger partial charge on any atom is 0.0346 e. The number of hydrogen-bond donors (Lipinski definition) is 2. The molecule has 0 aliphatic heterocycles. The third-order valence-corrected chi connectivity index (χ3v) is 6.42. The molecule has 0 bridgehead atoms. The van der Waals surface area contributed by atoms with Crippen molar-refractivity contribution in [3.63, 3.8) is 0 Å². The lowest BCUT2D eigenvalue weighted by atomic mass is 9.96. The maximum atomic E-state index is 6.27. The highest BCUT2D eigenvalue weighted by Gasteiger charge is 2.06. The molecule has 0 aliphatic carbocycles. The summed E-state index contributed by atoms with van der Waals surface area (Å²) in [5, 5.41) is 0. The van der Waals surface area contributed by atoms with Crippen LogP contribution < -0.4 is 11.5 Å². The Balaban J connectivity index is 1.88. The van der Waals surface area contributed by atoms with Gasteiger partial charge in [0.05, 0.1) is 0 Å². The van der Waals surface area contributed by atoms with E-state index in [9.17, 15) is 0 Å². The molecule has 0 radical (unpaired) electrons. The molecule has 0 aliphatic rings. The number of aryl methyl sites for hydroxylation is 2. The van der Waals surface area contributed by atoms with Crippen molar-refractivity contribution in [1.82, 2.24) is 0 Å². The van der Waals surface area contributed by atoms with Crippen molar-refractivity contribution >= 4 is 11.4 Å². The molecule has 2 nitrogen and oxygen atoms in total. The number of nitrogens with two attached hydrogens (primary N) is 2. The predicted molar refractivity (Wildman–Crippen MR) is 139 cm³/mol. The predicted octanol–water partition coefficient (Wildman–Crippen LogP) is 8.25. The molecule has 0 atom stereocenters. The second-order valence-corrected chi connectivity index (χ2v) is 9.28. The standard InChI is InChI=1S/C29H46N2/c1-3-5-7-9-11-13-15-26-22-24(17-19-28(26)30)21-25-18-20-29(31)27(23-25)16-14-12-10-8-6-4-2/h17-20,22-23H,3-16,21,30-31H2,1-2H3. The fourth-order valence-corrected chi connectivity index (χ4v) is 4.40. The normalized spacial score (nSPS) is 11.2. The summed E-state index contributed by atoms with van der Waals surface area (Å²) in [4.78, 5) is 0. The third-order valence-electron chi connectivity index (χ3n) is 6.42. The van der Waals surface area contributed by atoms with Gasteiger partial charge in [-0.15, -0.1) is 0 Å². The molecule has 0 spiro atoms. The number of rotatable bonds is 16. The average Bonchev–Trinajstić information content (AvgIpc) is 2.77. The van der Waals surface area contributed by atoms with E-state index in [0.717, 1.165) is 30.6 Å². The van der Waals surface area contributed by atoms with E-state index in [2.05, 4.69) is 50.2 Å². The Hall–Kier alpha value is -1.96. The van der Waals surface area contributed by atoms with Crippen molar-refractivity contribution in [2.75, 3.05) is 11.5 Å². The highest BCUT2D eigenvalue weighted by molar-refractivity contribution is 5.51. The summed E-state index contributed by atoms with van der Waals surface area (Å²) >= 11 is 0. The molecule has 0 saturated heterocycles. The van der Waals surface area contributed by atoms with Crippen LogP contribution in [-0.2, 0) is 19.3 Å². The topological polar surface area (TPSA) is 52.0 Å². The summed E-state index contributed by atoms with van der Waals surface area (Å²) in [6, 6.07) is 13.2. The van der Waals surface area contributed by atoms with Gasteiger partial charge in [0.2, 0.25) is 0 Å². The molecule has 0 saturated carbocycles. The molecular weight excluding hydrogens is 376 g/mol. The lowest BCUT2D eigenvalue weighted by Gasteiger charge is -2.12. The quantitative estimate of drug-likeness (QED) is 0.211. The van der Waals surface area contributed by atoms with Gasteiger partial charge in [-0.1, -0.05) is 102 Å². The summed E-state index contributed by atoms with van der Waals surface area (Å²) in [5.74, 6) is 0. The van der Waals surface area contributed by atoms with Gasteiger partial charge in [-0.3, -0.25) is 0 Å². The molecule has 31 heavy (non-hydrogen) atoms. The summed E-state index contributed by atoms with van der Waals surface area (Å²) in [5.41, 5.74) is 19.8. The first-order valence-electron chi connectivity index (χ1n) is 12.9. The van der Waals surface area contributed by atoms with Crippen LogP contribution in [0, 0.1) is 0 Å². The second kappa shape index (κ2) is 14.9. The number of benzene rings is 2. The molecule has 2 aromatic carbocycles. The minimum Gasteiger partial charge on any atom is -0.399 e. The van der Waals surface area contributed by atoms with E-state index >= 15 is 0 Å². The van der Waals surface area contributed by atoms with Crippen molar-refractivity contribution in [3.8, 4) is 0 Å². The number of unbranched alkanes of at least 4 members (excludes halogenated alkanes) is 10. The van der Waals surface area contributed by atoms with Gasteiger partial charge in [-0.2, -0.15) is 0 Å². The Morgan fingerprint density at radius 2 is 0.903 bits per heavy atom. The van der Waals surface area contributed by atoms with Gasteiger partial charge in [-0.05, 0) is 66.5 Å². The van der Waals surface area contributed by atoms with E-state index in [4.69, 9.17) is 11.5 Å². The Bertz CT molecular complexity index is 687. The summed E-state index contributed by atoms with van der Waals surface area (Å²) in [6.07, 6.45) is 19.0. The van der Waals surface area contributed by atoms with E-state index < -0.39 is 0 Å². The van der Waals surface area contributed by atoms with E-state index in [1.165, 1.54) is 99.3 Å². The molecule has 0 fully saturated rings. The Morgan fingerprint density at radius 1 is 0.516 bits per heavy atom. The van der Waals surface area contributed by atoms with Crippen LogP contribution in [0.2, 0.25) is 0 Å². The van der Waals surface area contributed by atoms with E-state index in [0.29, 0.717) is 0 Å². The molecule has 2 rings (SSSR count). The molecule has 2 heteroatoms. The third kappa shape index (κ3) is 9.80. The van der Waals surface area contributed by atoms with Crippen LogP contribution in [0.25, 0.3) is 0 Å². The smallest absolute Gasteiger partial charge is 0.0346 e. The summed E-state index contributed by atoms with van der Waals surface area (Å²) < 4.78 is 0. The van der Waals surface area contributed by atoms with E-state index in [-0.39, 0.29) is 0 Å². The van der Waals surface area contributed by atoms with Crippen molar-refractivity contribution < 1.29 is 0 Å². The molecular formula is C29H46N2. The van der Waals surface area contributed by atoms with Crippen LogP contribution in [0.15, 0.2) is 36.4 Å². The largest absolute Gasteiger partial charge is 0.399 e. The Morgan fingerprint density at radius 3 is 1.32 bits per heavy atom. The average molecular weight is 423 g/mol. The molecule has 4 N–H and O–H groups in total. The van der Waals surface area contributed by atoms with Gasteiger partial charge in [0.15, 0.2) is 0 Å². The van der Waals surface area contributed by atoms with Gasteiger partial charge in [0.25, 0.3) is 0 Å². The molecule has 0 unspecified atom stereocenters. The first-order valence-corrected chi connectivity index (χ1v) is 12.9.